The highest BCUT2D eigenvalue weighted by Gasteiger charge is 2.20. The molecular weight excluding hydrogens is 338 g/mol. The van der Waals surface area contributed by atoms with Crippen molar-refractivity contribution in [2.45, 2.75) is 32.2 Å². The van der Waals surface area contributed by atoms with Gasteiger partial charge in [-0.1, -0.05) is 31.9 Å². The number of hydrogen-bond acceptors (Lipinski definition) is 4. The van der Waals surface area contributed by atoms with Crippen LogP contribution in [0, 0.1) is 0 Å². The number of aromatic nitrogens is 1. The van der Waals surface area contributed by atoms with Crippen LogP contribution in [0.1, 0.15) is 36.5 Å². The maximum Gasteiger partial charge on any atom is 0.326 e. The van der Waals surface area contributed by atoms with Crippen LogP contribution in [0.15, 0.2) is 35.3 Å². The molecule has 1 unspecified atom stereocenters. The number of carbonyl (C=O) groups excluding carboxylic acids is 2. The molecule has 8 nitrogen and oxygen atoms in total. The van der Waals surface area contributed by atoms with Crippen molar-refractivity contribution in [3.8, 4) is 0 Å². The van der Waals surface area contributed by atoms with Gasteiger partial charge in [0.25, 0.3) is 5.91 Å². The summed E-state index contributed by atoms with van der Waals surface area (Å²) in [6.45, 7) is 1.50. The number of para-hydroxylation sites is 1. The second-order valence-corrected chi connectivity index (χ2v) is 5.86. The van der Waals surface area contributed by atoms with E-state index in [1.165, 1.54) is 6.20 Å². The van der Waals surface area contributed by atoms with Gasteiger partial charge in [-0.2, -0.15) is 0 Å². The van der Waals surface area contributed by atoms with Gasteiger partial charge in [0.1, 0.15) is 11.6 Å². The van der Waals surface area contributed by atoms with Crippen LogP contribution in [0.2, 0.25) is 0 Å². The molecule has 0 bridgehead atoms. The third-order valence-electron chi connectivity index (χ3n) is 3.92. The van der Waals surface area contributed by atoms with Gasteiger partial charge in [-0.15, -0.1) is 0 Å². The van der Waals surface area contributed by atoms with Crippen LogP contribution in [-0.2, 0) is 9.59 Å². The number of benzene rings is 1. The monoisotopic (exact) mass is 359 g/mol. The van der Waals surface area contributed by atoms with Gasteiger partial charge < -0.3 is 20.7 Å². The molecule has 8 heteroatoms. The van der Waals surface area contributed by atoms with E-state index >= 15 is 0 Å². The Morgan fingerprint density at radius 2 is 1.96 bits per heavy atom. The number of amides is 2. The predicted octanol–water partition coefficient (Wildman–Crippen LogP) is 1.02. The summed E-state index contributed by atoms with van der Waals surface area (Å²) in [6.07, 6.45) is 3.08. The fraction of sp³-hybridized carbons (Fsp3) is 0.333. The number of fused-ring (bicyclic) bond motifs is 1. The Labute approximate surface area is 149 Å². The van der Waals surface area contributed by atoms with E-state index in [0.29, 0.717) is 23.7 Å². The van der Waals surface area contributed by atoms with Crippen molar-refractivity contribution in [2.24, 2.45) is 0 Å². The number of hydrogen-bond donors (Lipinski definition) is 4. The number of carboxylic acid groups (broad SMARTS) is 1. The minimum atomic E-state index is -1.12. The van der Waals surface area contributed by atoms with Gasteiger partial charge in [0.15, 0.2) is 0 Å². The minimum Gasteiger partial charge on any atom is -0.480 e. The lowest BCUT2D eigenvalue weighted by Crippen LogP contribution is -2.45. The quantitative estimate of drug-likeness (QED) is 0.559. The second kappa shape index (κ2) is 8.80. The first-order valence-corrected chi connectivity index (χ1v) is 8.34. The number of nitrogens with one attached hydrogen (secondary N) is 3. The van der Waals surface area contributed by atoms with Crippen LogP contribution in [0.25, 0.3) is 10.9 Å². The fourth-order valence-electron chi connectivity index (χ4n) is 2.50. The number of rotatable bonds is 8. The summed E-state index contributed by atoms with van der Waals surface area (Å²) in [5, 5.41) is 14.2. The van der Waals surface area contributed by atoms with Crippen LogP contribution in [0.3, 0.4) is 0 Å². The van der Waals surface area contributed by atoms with Crippen LogP contribution in [0.4, 0.5) is 0 Å². The van der Waals surface area contributed by atoms with E-state index in [9.17, 15) is 19.2 Å². The maximum atomic E-state index is 12.3. The van der Waals surface area contributed by atoms with Gasteiger partial charge >= 0.3 is 5.97 Å². The molecule has 0 aliphatic rings. The third kappa shape index (κ3) is 4.69. The van der Waals surface area contributed by atoms with E-state index in [4.69, 9.17) is 5.11 Å². The van der Waals surface area contributed by atoms with Crippen molar-refractivity contribution in [1.29, 1.82) is 0 Å². The SMILES string of the molecule is CCCCC(NC(=O)CNC(=O)c1c[nH]c2ccccc2c1=O)C(=O)O. The van der Waals surface area contributed by atoms with Crippen molar-refractivity contribution >= 4 is 28.7 Å². The summed E-state index contributed by atoms with van der Waals surface area (Å²) in [4.78, 5) is 50.4. The Kier molecular flexibility index (Phi) is 6.48. The molecule has 4 N–H and O–H groups in total. The minimum absolute atomic E-state index is 0.114. The Hall–Kier alpha value is -3.16. The average Bonchev–Trinajstić information content (AvgIpc) is 2.63. The van der Waals surface area contributed by atoms with Crippen LogP contribution >= 0.6 is 0 Å². The summed E-state index contributed by atoms with van der Waals surface area (Å²) in [7, 11) is 0. The normalized spacial score (nSPS) is 11.7. The topological polar surface area (TPSA) is 128 Å². The van der Waals surface area contributed by atoms with E-state index in [1.54, 1.807) is 24.3 Å². The first-order chi connectivity index (χ1) is 12.4. The number of pyridine rings is 1. The zero-order valence-electron chi connectivity index (χ0n) is 14.4. The van der Waals surface area contributed by atoms with Gasteiger partial charge in [0.2, 0.25) is 11.3 Å². The first-order valence-electron chi connectivity index (χ1n) is 8.34. The fourth-order valence-corrected chi connectivity index (χ4v) is 2.50. The smallest absolute Gasteiger partial charge is 0.326 e. The number of H-pyrrole nitrogens is 1. The molecule has 1 heterocycles. The Morgan fingerprint density at radius 3 is 2.65 bits per heavy atom. The van der Waals surface area contributed by atoms with Gasteiger partial charge in [0.05, 0.1) is 6.54 Å². The Morgan fingerprint density at radius 1 is 1.23 bits per heavy atom. The highest BCUT2D eigenvalue weighted by atomic mass is 16.4. The average molecular weight is 359 g/mol. The summed E-state index contributed by atoms with van der Waals surface area (Å²) in [6, 6.07) is 5.77. The first kappa shape index (κ1) is 19.2. The maximum absolute atomic E-state index is 12.3. The highest BCUT2D eigenvalue weighted by Crippen LogP contribution is 2.07. The largest absolute Gasteiger partial charge is 0.480 e. The standard InChI is InChI=1S/C18H21N3O5/c1-2-3-7-14(18(25)26)21-15(22)10-20-17(24)12-9-19-13-8-5-4-6-11(13)16(12)23/h4-6,8-9,14H,2-3,7,10H2,1H3,(H,19,23)(H,20,24)(H,21,22)(H,25,26). The van der Waals surface area contributed by atoms with Crippen molar-refractivity contribution in [1.82, 2.24) is 15.6 Å². The van der Waals surface area contributed by atoms with E-state index in [1.807, 2.05) is 6.92 Å². The molecule has 0 aliphatic heterocycles. The van der Waals surface area contributed by atoms with Crippen LogP contribution in [0.5, 0.6) is 0 Å². The summed E-state index contributed by atoms with van der Waals surface area (Å²) in [5.74, 6) is -2.45. The summed E-state index contributed by atoms with van der Waals surface area (Å²) >= 11 is 0. The molecule has 1 aromatic carbocycles. The zero-order chi connectivity index (χ0) is 19.1. The number of unbranched alkanes of at least 4 members (excludes halogenated alkanes) is 1. The lowest BCUT2D eigenvalue weighted by atomic mass is 10.1. The van der Waals surface area contributed by atoms with Gasteiger partial charge in [-0.3, -0.25) is 14.4 Å². The lowest BCUT2D eigenvalue weighted by Gasteiger charge is -2.14. The molecule has 0 spiro atoms. The third-order valence-corrected chi connectivity index (χ3v) is 3.92. The zero-order valence-corrected chi connectivity index (χ0v) is 14.4. The Bertz CT molecular complexity index is 875. The van der Waals surface area contributed by atoms with E-state index < -0.39 is 35.8 Å². The molecule has 0 saturated carbocycles. The lowest BCUT2D eigenvalue weighted by molar-refractivity contribution is -0.141. The van der Waals surface area contributed by atoms with E-state index in [-0.39, 0.29) is 5.56 Å². The summed E-state index contributed by atoms with van der Waals surface area (Å²) in [5.41, 5.74) is 0.0490. The van der Waals surface area contributed by atoms with E-state index in [0.717, 1.165) is 6.42 Å². The molecule has 0 radical (unpaired) electrons. The molecule has 0 aliphatic carbocycles. The molecule has 2 aromatic rings. The van der Waals surface area contributed by atoms with Crippen molar-refractivity contribution in [2.75, 3.05) is 6.54 Å². The molecular formula is C18H21N3O5. The number of carbonyl (C=O) groups is 3. The van der Waals surface area contributed by atoms with Crippen LogP contribution < -0.4 is 16.1 Å². The predicted molar refractivity (Wildman–Crippen MR) is 96.0 cm³/mol. The number of carboxylic acids is 1. The molecule has 1 atom stereocenters. The molecule has 26 heavy (non-hydrogen) atoms. The highest BCUT2D eigenvalue weighted by molar-refractivity contribution is 5.99. The Balaban J connectivity index is 2.00. The van der Waals surface area contributed by atoms with Crippen molar-refractivity contribution < 1.29 is 19.5 Å². The van der Waals surface area contributed by atoms with Crippen molar-refractivity contribution in [3.63, 3.8) is 0 Å². The summed E-state index contributed by atoms with van der Waals surface area (Å²) < 4.78 is 0. The molecule has 0 saturated heterocycles. The van der Waals surface area contributed by atoms with E-state index in [2.05, 4.69) is 15.6 Å². The molecule has 2 rings (SSSR count). The molecule has 0 fully saturated rings. The van der Waals surface area contributed by atoms with Crippen LogP contribution in [-0.4, -0.2) is 40.5 Å². The van der Waals surface area contributed by atoms with Gasteiger partial charge in [-0.25, -0.2) is 4.79 Å². The second-order valence-electron chi connectivity index (χ2n) is 5.86. The molecule has 1 aromatic heterocycles. The van der Waals surface area contributed by atoms with Gasteiger partial charge in [0, 0.05) is 17.1 Å². The van der Waals surface area contributed by atoms with Crippen molar-refractivity contribution in [3.05, 3.63) is 46.2 Å². The molecule has 138 valence electrons. The number of aromatic amines is 1. The van der Waals surface area contributed by atoms with Gasteiger partial charge in [-0.05, 0) is 18.6 Å². The number of aliphatic carboxylic acids is 1. The molecule has 2 amide bonds.